The van der Waals surface area contributed by atoms with Gasteiger partial charge in [-0.15, -0.1) is 11.3 Å². The molecule has 2 aromatic rings. The van der Waals surface area contributed by atoms with Crippen LogP contribution in [-0.4, -0.2) is 24.0 Å². The van der Waals surface area contributed by atoms with Gasteiger partial charge in [-0.3, -0.25) is 4.79 Å². The topological polar surface area (TPSA) is 96.2 Å². The number of hydrogen-bond donors (Lipinski definition) is 1. The van der Waals surface area contributed by atoms with Gasteiger partial charge in [0.05, 0.1) is 0 Å². The summed E-state index contributed by atoms with van der Waals surface area (Å²) in [6.45, 7) is 1.26. The molecule has 1 aliphatic rings. The molecule has 0 spiro atoms. The van der Waals surface area contributed by atoms with Crippen LogP contribution in [0.1, 0.15) is 29.3 Å². The molecule has 23 heavy (non-hydrogen) atoms. The number of nitrogens with two attached hydrogens (primary N) is 1. The van der Waals surface area contributed by atoms with Gasteiger partial charge < -0.3 is 15.1 Å². The fourth-order valence-electron chi connectivity index (χ4n) is 2.59. The summed E-state index contributed by atoms with van der Waals surface area (Å²) in [4.78, 5) is 18.5. The van der Waals surface area contributed by atoms with E-state index in [-0.39, 0.29) is 17.5 Å². The Morgan fingerprint density at radius 3 is 2.87 bits per heavy atom. The third kappa shape index (κ3) is 3.43. The molecule has 118 valence electrons. The number of nitrogens with zero attached hydrogens (tertiary/aromatic N) is 3. The van der Waals surface area contributed by atoms with Crippen LogP contribution in [0.5, 0.6) is 0 Å². The van der Waals surface area contributed by atoms with Gasteiger partial charge in [-0.25, -0.2) is 0 Å². The number of primary amides is 1. The van der Waals surface area contributed by atoms with Gasteiger partial charge in [0, 0.05) is 30.0 Å². The van der Waals surface area contributed by atoms with Gasteiger partial charge in [0.2, 0.25) is 23.4 Å². The molecule has 0 bridgehead atoms. The van der Waals surface area contributed by atoms with Gasteiger partial charge in [0.1, 0.15) is 6.07 Å². The number of oxazole rings is 1. The van der Waals surface area contributed by atoms with Gasteiger partial charge in [-0.05, 0) is 30.4 Å². The molecule has 0 unspecified atom stereocenters. The third-order valence-electron chi connectivity index (χ3n) is 3.85. The van der Waals surface area contributed by atoms with Crippen molar-refractivity contribution in [3.8, 4) is 6.07 Å². The lowest BCUT2D eigenvalue weighted by atomic mass is 9.96. The van der Waals surface area contributed by atoms with E-state index < -0.39 is 0 Å². The zero-order valence-electron chi connectivity index (χ0n) is 12.4. The first-order valence-corrected chi connectivity index (χ1v) is 8.22. The molecule has 6 nitrogen and oxygen atoms in total. The van der Waals surface area contributed by atoms with E-state index in [0.29, 0.717) is 37.7 Å². The highest BCUT2D eigenvalue weighted by atomic mass is 32.1. The zero-order chi connectivity index (χ0) is 16.2. The zero-order valence-corrected chi connectivity index (χ0v) is 13.3. The normalized spacial score (nSPS) is 15.9. The van der Waals surface area contributed by atoms with E-state index in [0.717, 1.165) is 4.88 Å². The maximum atomic E-state index is 11.2. The maximum absolute atomic E-state index is 11.2. The van der Waals surface area contributed by atoms with Crippen molar-refractivity contribution in [2.45, 2.75) is 12.8 Å². The number of anilines is 1. The molecule has 0 aromatic carbocycles. The summed E-state index contributed by atoms with van der Waals surface area (Å²) in [6, 6.07) is 6.03. The lowest BCUT2D eigenvalue weighted by molar-refractivity contribution is -0.122. The molecule has 2 N–H and O–H groups in total. The number of carbonyl (C=O) groups excluding carboxylic acids is 1. The first-order chi connectivity index (χ1) is 11.2. The van der Waals surface area contributed by atoms with E-state index in [1.54, 1.807) is 17.4 Å². The van der Waals surface area contributed by atoms with Crippen LogP contribution in [0.3, 0.4) is 0 Å². The molecular weight excluding hydrogens is 312 g/mol. The van der Waals surface area contributed by atoms with Gasteiger partial charge in [-0.1, -0.05) is 6.07 Å². The number of amides is 1. The standard InChI is InChI=1S/C16H16N4O2S/c17-10-13-16(20-7-5-11(6-8-20)15(18)21)22-14(19-13)4-3-12-2-1-9-23-12/h1-4,9,11H,5-8H2,(H2,18,21)/b4-3+. The summed E-state index contributed by atoms with van der Waals surface area (Å²) >= 11 is 1.61. The molecule has 0 atom stereocenters. The Bertz CT molecular complexity index is 750. The Balaban J connectivity index is 1.75. The average Bonchev–Trinajstić information content (AvgIpc) is 3.22. The van der Waals surface area contributed by atoms with Crippen LogP contribution in [0.25, 0.3) is 12.2 Å². The number of thiophene rings is 1. The first kappa shape index (κ1) is 15.3. The van der Waals surface area contributed by atoms with Gasteiger partial charge >= 0.3 is 0 Å². The van der Waals surface area contributed by atoms with E-state index in [4.69, 9.17) is 10.2 Å². The van der Waals surface area contributed by atoms with E-state index in [9.17, 15) is 10.1 Å². The minimum absolute atomic E-state index is 0.0992. The Morgan fingerprint density at radius 2 is 2.26 bits per heavy atom. The molecule has 0 aliphatic carbocycles. The van der Waals surface area contributed by atoms with Crippen molar-refractivity contribution in [1.29, 1.82) is 5.26 Å². The van der Waals surface area contributed by atoms with Crippen LogP contribution in [0, 0.1) is 17.2 Å². The molecule has 1 amide bonds. The van der Waals surface area contributed by atoms with Gasteiger partial charge in [-0.2, -0.15) is 10.2 Å². The third-order valence-corrected chi connectivity index (χ3v) is 4.69. The lowest BCUT2D eigenvalue weighted by Crippen LogP contribution is -2.38. The predicted octanol–water partition coefficient (Wildman–Crippen LogP) is 2.48. The smallest absolute Gasteiger partial charge is 0.235 e. The number of nitriles is 1. The fraction of sp³-hybridized carbons (Fsp3) is 0.312. The van der Waals surface area contributed by atoms with E-state index >= 15 is 0 Å². The second kappa shape index (κ2) is 6.67. The summed E-state index contributed by atoms with van der Waals surface area (Å²) in [7, 11) is 0. The fourth-order valence-corrected chi connectivity index (χ4v) is 3.21. The lowest BCUT2D eigenvalue weighted by Gasteiger charge is -2.30. The maximum Gasteiger partial charge on any atom is 0.235 e. The highest BCUT2D eigenvalue weighted by molar-refractivity contribution is 7.10. The molecule has 1 aliphatic heterocycles. The summed E-state index contributed by atoms with van der Waals surface area (Å²) in [5.74, 6) is 0.517. The largest absolute Gasteiger partial charge is 0.420 e. The van der Waals surface area contributed by atoms with Crippen molar-refractivity contribution in [3.05, 3.63) is 34.0 Å². The molecule has 3 rings (SSSR count). The number of hydrogen-bond acceptors (Lipinski definition) is 6. The summed E-state index contributed by atoms with van der Waals surface area (Å²) in [5.41, 5.74) is 5.62. The van der Waals surface area contributed by atoms with Crippen LogP contribution in [-0.2, 0) is 4.79 Å². The van der Waals surface area contributed by atoms with Crippen molar-refractivity contribution >= 4 is 35.3 Å². The first-order valence-electron chi connectivity index (χ1n) is 7.34. The van der Waals surface area contributed by atoms with Crippen molar-refractivity contribution in [1.82, 2.24) is 4.98 Å². The van der Waals surface area contributed by atoms with Crippen molar-refractivity contribution in [2.24, 2.45) is 11.7 Å². The number of piperidine rings is 1. The highest BCUT2D eigenvalue weighted by Crippen LogP contribution is 2.28. The monoisotopic (exact) mass is 328 g/mol. The Kier molecular flexibility index (Phi) is 4.44. The second-order valence-electron chi connectivity index (χ2n) is 5.33. The Hall–Kier alpha value is -2.59. The SMILES string of the molecule is N#Cc1nc(/C=C/c2cccs2)oc1N1CCC(C(N)=O)CC1. The molecule has 1 saturated heterocycles. The molecule has 1 fully saturated rings. The molecular formula is C16H16N4O2S. The van der Waals surface area contributed by atoms with E-state index in [1.807, 2.05) is 28.5 Å². The van der Waals surface area contributed by atoms with Crippen molar-refractivity contribution < 1.29 is 9.21 Å². The predicted molar refractivity (Wildman–Crippen MR) is 88.6 cm³/mol. The Morgan fingerprint density at radius 1 is 1.48 bits per heavy atom. The minimum atomic E-state index is -0.262. The Labute approximate surface area is 137 Å². The highest BCUT2D eigenvalue weighted by Gasteiger charge is 2.27. The molecule has 2 aromatic heterocycles. The van der Waals surface area contributed by atoms with Crippen LogP contribution < -0.4 is 10.6 Å². The number of carbonyl (C=O) groups is 1. The van der Waals surface area contributed by atoms with Crippen LogP contribution in [0.2, 0.25) is 0 Å². The minimum Gasteiger partial charge on any atom is -0.420 e. The second-order valence-corrected chi connectivity index (χ2v) is 6.31. The van der Waals surface area contributed by atoms with E-state index in [2.05, 4.69) is 11.1 Å². The summed E-state index contributed by atoms with van der Waals surface area (Å²) in [6.07, 6.45) is 5.00. The van der Waals surface area contributed by atoms with Gasteiger partial charge in [0.25, 0.3) is 0 Å². The molecule has 3 heterocycles. The van der Waals surface area contributed by atoms with Crippen LogP contribution in [0.15, 0.2) is 21.9 Å². The average molecular weight is 328 g/mol. The number of rotatable bonds is 4. The molecule has 0 radical (unpaired) electrons. The summed E-state index contributed by atoms with van der Waals surface area (Å²) < 4.78 is 5.73. The summed E-state index contributed by atoms with van der Waals surface area (Å²) in [5, 5.41) is 11.2. The van der Waals surface area contributed by atoms with E-state index in [1.165, 1.54) is 0 Å². The van der Waals surface area contributed by atoms with Crippen LogP contribution in [0.4, 0.5) is 5.88 Å². The van der Waals surface area contributed by atoms with Crippen LogP contribution >= 0.6 is 11.3 Å². The van der Waals surface area contributed by atoms with Gasteiger partial charge in [0.15, 0.2) is 0 Å². The van der Waals surface area contributed by atoms with Crippen molar-refractivity contribution in [2.75, 3.05) is 18.0 Å². The quantitative estimate of drug-likeness (QED) is 0.930. The van der Waals surface area contributed by atoms with Crippen molar-refractivity contribution in [3.63, 3.8) is 0 Å². The molecule has 0 saturated carbocycles. The molecule has 7 heteroatoms. The number of aromatic nitrogens is 1.